The molecule has 0 unspecified atom stereocenters. The Morgan fingerprint density at radius 3 is 2.81 bits per heavy atom. The fraction of sp³-hybridized carbons (Fsp3) is 0.385. The molecule has 0 bridgehead atoms. The van der Waals surface area contributed by atoms with Crippen molar-refractivity contribution in [3.05, 3.63) is 34.9 Å². The zero-order valence-corrected chi connectivity index (χ0v) is 9.12. The number of aryl methyl sites for hydroxylation is 2. The van der Waals surface area contributed by atoms with Crippen molar-refractivity contribution in [2.24, 2.45) is 0 Å². The number of carbonyl (C=O) groups is 1. The van der Waals surface area contributed by atoms with Crippen LogP contribution in [0.25, 0.3) is 0 Å². The number of hydrogen-bond acceptors (Lipinski definition) is 2. The molecule has 0 spiro atoms. The smallest absolute Gasteiger partial charge is 0.252 e. The minimum atomic E-state index is -0.157. The Balaban J connectivity index is 2.17. The summed E-state index contributed by atoms with van der Waals surface area (Å²) in [5, 5.41) is 10.9. The maximum absolute atomic E-state index is 11.6. The Hall–Kier alpha value is -1.82. The molecule has 0 atom stereocenters. The number of carbonyl (C=O) groups excluding carboxylic acids is 1. The second-order valence-electron chi connectivity index (χ2n) is 4.03. The Labute approximate surface area is 95.1 Å². The van der Waals surface area contributed by atoms with Gasteiger partial charge in [0.15, 0.2) is 0 Å². The van der Waals surface area contributed by atoms with E-state index < -0.39 is 0 Å². The quantitative estimate of drug-likeness (QED) is 0.763. The maximum Gasteiger partial charge on any atom is 0.252 e. The van der Waals surface area contributed by atoms with Crippen molar-refractivity contribution in [2.45, 2.75) is 25.7 Å². The highest BCUT2D eigenvalue weighted by Crippen LogP contribution is 2.22. The van der Waals surface area contributed by atoms with Crippen molar-refractivity contribution >= 4 is 5.91 Å². The molecule has 0 saturated heterocycles. The Bertz CT molecular complexity index is 446. The molecule has 0 aliphatic heterocycles. The zero-order valence-electron chi connectivity index (χ0n) is 9.12. The zero-order chi connectivity index (χ0) is 11.4. The first-order valence-corrected chi connectivity index (χ1v) is 5.58. The molecule has 16 heavy (non-hydrogen) atoms. The number of benzene rings is 1. The molecule has 0 radical (unpaired) electrons. The number of fused-ring (bicyclic) bond motifs is 1. The molecule has 1 aromatic rings. The fourth-order valence-corrected chi connectivity index (χ4v) is 2.10. The van der Waals surface area contributed by atoms with E-state index in [0.717, 1.165) is 12.8 Å². The van der Waals surface area contributed by atoms with Gasteiger partial charge in [-0.1, -0.05) is 6.07 Å². The topological polar surface area (TPSA) is 52.9 Å². The van der Waals surface area contributed by atoms with E-state index in [9.17, 15) is 4.79 Å². The molecule has 3 nitrogen and oxygen atoms in total. The third-order valence-electron chi connectivity index (χ3n) is 2.94. The molecule has 0 saturated carbocycles. The van der Waals surface area contributed by atoms with Crippen molar-refractivity contribution in [3.63, 3.8) is 0 Å². The number of amides is 1. The maximum atomic E-state index is 11.6. The van der Waals surface area contributed by atoms with Crippen molar-refractivity contribution in [1.29, 1.82) is 5.26 Å². The Kier molecular flexibility index (Phi) is 3.21. The Morgan fingerprint density at radius 1 is 1.31 bits per heavy atom. The largest absolute Gasteiger partial charge is 0.339 e. The van der Waals surface area contributed by atoms with Crippen LogP contribution in [-0.2, 0) is 12.8 Å². The van der Waals surface area contributed by atoms with Gasteiger partial charge in [-0.25, -0.2) is 0 Å². The average molecular weight is 214 g/mol. The van der Waals surface area contributed by atoms with Crippen molar-refractivity contribution in [2.75, 3.05) is 6.54 Å². The van der Waals surface area contributed by atoms with Gasteiger partial charge in [-0.15, -0.1) is 0 Å². The summed E-state index contributed by atoms with van der Waals surface area (Å²) in [5.74, 6) is -0.157. The lowest BCUT2D eigenvalue weighted by atomic mass is 9.90. The summed E-state index contributed by atoms with van der Waals surface area (Å²) in [5.41, 5.74) is 3.31. The van der Waals surface area contributed by atoms with Crippen LogP contribution in [-0.4, -0.2) is 12.5 Å². The van der Waals surface area contributed by atoms with Gasteiger partial charge in [0.2, 0.25) is 0 Å². The highest BCUT2D eigenvalue weighted by molar-refractivity contribution is 5.94. The van der Waals surface area contributed by atoms with Crippen LogP contribution < -0.4 is 5.32 Å². The van der Waals surface area contributed by atoms with Crippen LogP contribution >= 0.6 is 0 Å². The number of hydrogen-bond donors (Lipinski definition) is 1. The lowest BCUT2D eigenvalue weighted by Crippen LogP contribution is -2.23. The first-order chi connectivity index (χ1) is 7.81. The third-order valence-corrected chi connectivity index (χ3v) is 2.94. The third kappa shape index (κ3) is 2.22. The summed E-state index contributed by atoms with van der Waals surface area (Å²) in [6.07, 6.45) is 4.63. The van der Waals surface area contributed by atoms with Gasteiger partial charge in [-0.05, 0) is 48.9 Å². The summed E-state index contributed by atoms with van der Waals surface area (Å²) in [7, 11) is 0. The van der Waals surface area contributed by atoms with Gasteiger partial charge >= 0.3 is 0 Å². The van der Waals surface area contributed by atoms with Gasteiger partial charge in [0.1, 0.15) is 6.54 Å². The van der Waals surface area contributed by atoms with Crippen LogP contribution in [0, 0.1) is 11.3 Å². The van der Waals surface area contributed by atoms with Crippen molar-refractivity contribution < 1.29 is 4.79 Å². The number of rotatable bonds is 2. The van der Waals surface area contributed by atoms with Gasteiger partial charge in [0, 0.05) is 5.56 Å². The van der Waals surface area contributed by atoms with Crippen molar-refractivity contribution in [1.82, 2.24) is 5.32 Å². The molecule has 1 aliphatic carbocycles. The van der Waals surface area contributed by atoms with Crippen LogP contribution in [0.2, 0.25) is 0 Å². The van der Waals surface area contributed by atoms with Crippen LogP contribution in [0.5, 0.6) is 0 Å². The SMILES string of the molecule is N#CCNC(=O)c1ccc2c(c1)CCCC2. The van der Waals surface area contributed by atoms with Gasteiger partial charge in [-0.2, -0.15) is 5.26 Å². The van der Waals surface area contributed by atoms with Crippen molar-refractivity contribution in [3.8, 4) is 6.07 Å². The van der Waals surface area contributed by atoms with E-state index in [0.29, 0.717) is 5.56 Å². The highest BCUT2D eigenvalue weighted by atomic mass is 16.1. The van der Waals surface area contributed by atoms with Crippen LogP contribution in [0.3, 0.4) is 0 Å². The first-order valence-electron chi connectivity index (χ1n) is 5.58. The van der Waals surface area contributed by atoms with Gasteiger partial charge in [0.25, 0.3) is 5.91 Å². The molecule has 1 amide bonds. The minimum absolute atomic E-state index is 0.0654. The predicted octanol–water partition coefficient (Wildman–Crippen LogP) is 1.82. The normalized spacial score (nSPS) is 13.7. The van der Waals surface area contributed by atoms with E-state index in [2.05, 4.69) is 5.32 Å². The van der Waals surface area contributed by atoms with Crippen LogP contribution in [0.4, 0.5) is 0 Å². The van der Waals surface area contributed by atoms with E-state index in [1.165, 1.54) is 24.0 Å². The monoisotopic (exact) mass is 214 g/mol. The number of nitrogens with zero attached hydrogens (tertiary/aromatic N) is 1. The van der Waals surface area contributed by atoms with E-state index >= 15 is 0 Å². The van der Waals surface area contributed by atoms with E-state index in [1.54, 1.807) is 0 Å². The van der Waals surface area contributed by atoms with E-state index in [-0.39, 0.29) is 12.5 Å². The van der Waals surface area contributed by atoms with E-state index in [1.807, 2.05) is 24.3 Å². The molecule has 1 N–H and O–H groups in total. The van der Waals surface area contributed by atoms with Gasteiger partial charge < -0.3 is 5.32 Å². The van der Waals surface area contributed by atoms with Crippen LogP contribution in [0.15, 0.2) is 18.2 Å². The summed E-state index contributed by atoms with van der Waals surface area (Å²) in [6, 6.07) is 7.74. The Morgan fingerprint density at radius 2 is 2.06 bits per heavy atom. The molecule has 1 aliphatic rings. The second kappa shape index (κ2) is 4.80. The molecular formula is C13H14N2O. The lowest BCUT2D eigenvalue weighted by molar-refractivity contribution is 0.0958. The molecule has 82 valence electrons. The average Bonchev–Trinajstić information content (AvgIpc) is 2.35. The minimum Gasteiger partial charge on any atom is -0.339 e. The fourth-order valence-electron chi connectivity index (χ4n) is 2.10. The molecule has 2 rings (SSSR count). The van der Waals surface area contributed by atoms with E-state index in [4.69, 9.17) is 5.26 Å². The summed E-state index contributed by atoms with van der Waals surface area (Å²) >= 11 is 0. The molecule has 0 heterocycles. The highest BCUT2D eigenvalue weighted by Gasteiger charge is 2.12. The van der Waals surface area contributed by atoms with Gasteiger partial charge in [0.05, 0.1) is 6.07 Å². The van der Waals surface area contributed by atoms with Gasteiger partial charge in [-0.3, -0.25) is 4.79 Å². The lowest BCUT2D eigenvalue weighted by Gasteiger charge is -2.16. The summed E-state index contributed by atoms with van der Waals surface area (Å²) < 4.78 is 0. The second-order valence-corrected chi connectivity index (χ2v) is 4.03. The summed E-state index contributed by atoms with van der Waals surface area (Å²) in [4.78, 5) is 11.6. The number of nitriles is 1. The molecule has 1 aromatic carbocycles. The number of nitrogens with one attached hydrogen (secondary N) is 1. The van der Waals surface area contributed by atoms with Crippen LogP contribution in [0.1, 0.15) is 34.3 Å². The molecule has 0 aromatic heterocycles. The first kappa shape index (κ1) is 10.7. The standard InChI is InChI=1S/C13H14N2O/c14-7-8-15-13(16)12-6-5-10-3-1-2-4-11(10)9-12/h5-6,9H,1-4,8H2,(H,15,16). The summed E-state index contributed by atoms with van der Waals surface area (Å²) in [6.45, 7) is 0.0654. The molecular weight excluding hydrogens is 200 g/mol. The predicted molar refractivity (Wildman–Crippen MR) is 61.0 cm³/mol. The molecule has 3 heteroatoms. The molecule has 0 fully saturated rings.